The summed E-state index contributed by atoms with van der Waals surface area (Å²) in [7, 11) is -2.25. The third-order valence-electron chi connectivity index (χ3n) is 2.50. The number of sulfonamides is 1. The molecule has 0 bridgehead atoms. The molecular weight excluding hydrogens is 298 g/mol. The highest BCUT2D eigenvalue weighted by molar-refractivity contribution is 7.89. The average molecular weight is 317 g/mol. The normalized spacial score (nSPS) is 11.3. The maximum absolute atomic E-state index is 11.7. The van der Waals surface area contributed by atoms with Gasteiger partial charge < -0.3 is 14.2 Å². The molecule has 2 N–H and O–H groups in total. The topological polar surface area (TPSA) is 105 Å². The number of benzene rings is 1. The molecule has 0 radical (unpaired) electrons. The highest BCUT2D eigenvalue weighted by Crippen LogP contribution is 2.10. The Morgan fingerprint density at radius 1 is 1.19 bits per heavy atom. The zero-order chi connectivity index (χ0) is 15.7. The first-order chi connectivity index (χ1) is 9.95. The van der Waals surface area contributed by atoms with Crippen LogP contribution in [0.1, 0.15) is 16.8 Å². The summed E-state index contributed by atoms with van der Waals surface area (Å²) in [5, 5.41) is 5.00. The van der Waals surface area contributed by atoms with Crippen molar-refractivity contribution in [3.05, 3.63) is 29.8 Å². The summed E-state index contributed by atoms with van der Waals surface area (Å²) in [5.74, 6) is -0.600. The Balaban J connectivity index is 2.39. The molecule has 0 aliphatic carbocycles. The Morgan fingerprint density at radius 3 is 2.62 bits per heavy atom. The van der Waals surface area contributed by atoms with E-state index < -0.39 is 16.0 Å². The number of methoxy groups -OCH3 is 1. The summed E-state index contributed by atoms with van der Waals surface area (Å²) in [6, 6.07) is 5.40. The number of rotatable bonds is 9. The van der Waals surface area contributed by atoms with Gasteiger partial charge in [-0.1, -0.05) is 6.07 Å². The maximum Gasteiger partial charge on any atom is 0.338 e. The molecule has 0 saturated heterocycles. The van der Waals surface area contributed by atoms with E-state index in [1.54, 1.807) is 7.11 Å². The van der Waals surface area contributed by atoms with Gasteiger partial charge in [0.1, 0.15) is 0 Å². The van der Waals surface area contributed by atoms with Crippen molar-refractivity contribution in [3.8, 4) is 0 Å². The molecule has 7 nitrogen and oxygen atoms in total. The number of ether oxygens (including phenoxy) is 3. The van der Waals surface area contributed by atoms with Crippen molar-refractivity contribution in [2.75, 3.05) is 33.5 Å². The third kappa shape index (κ3) is 6.67. The van der Waals surface area contributed by atoms with Gasteiger partial charge in [0.2, 0.25) is 10.0 Å². The predicted octanol–water partition coefficient (Wildman–Crippen LogP) is 0.544. The number of primary sulfonamides is 1. The fourth-order valence-electron chi connectivity index (χ4n) is 1.45. The van der Waals surface area contributed by atoms with Crippen LogP contribution in [0, 0.1) is 0 Å². The van der Waals surface area contributed by atoms with Crippen molar-refractivity contribution in [3.63, 3.8) is 0 Å². The van der Waals surface area contributed by atoms with Gasteiger partial charge in [-0.15, -0.1) is 0 Å². The number of carbonyl (C=O) groups is 1. The van der Waals surface area contributed by atoms with Crippen molar-refractivity contribution in [2.45, 2.75) is 11.3 Å². The summed E-state index contributed by atoms with van der Waals surface area (Å²) < 4.78 is 37.4. The molecule has 1 rings (SSSR count). The van der Waals surface area contributed by atoms with E-state index in [0.29, 0.717) is 26.2 Å². The van der Waals surface area contributed by atoms with E-state index in [9.17, 15) is 13.2 Å². The monoisotopic (exact) mass is 317 g/mol. The van der Waals surface area contributed by atoms with Gasteiger partial charge in [0, 0.05) is 20.1 Å². The van der Waals surface area contributed by atoms with E-state index in [1.807, 2.05) is 0 Å². The van der Waals surface area contributed by atoms with Crippen molar-refractivity contribution >= 4 is 16.0 Å². The second-order valence-corrected chi connectivity index (χ2v) is 5.73. The molecule has 1 aromatic carbocycles. The van der Waals surface area contributed by atoms with Crippen molar-refractivity contribution in [1.29, 1.82) is 0 Å². The molecule has 8 heteroatoms. The smallest absolute Gasteiger partial charge is 0.338 e. The van der Waals surface area contributed by atoms with Crippen molar-refractivity contribution < 1.29 is 27.4 Å². The molecule has 0 atom stereocenters. The highest BCUT2D eigenvalue weighted by Gasteiger charge is 2.12. The van der Waals surface area contributed by atoms with Gasteiger partial charge in [-0.25, -0.2) is 18.4 Å². The second-order valence-electron chi connectivity index (χ2n) is 4.17. The first kappa shape index (κ1) is 17.6. The molecule has 118 valence electrons. The lowest BCUT2D eigenvalue weighted by atomic mass is 10.2. The fraction of sp³-hybridized carbons (Fsp3) is 0.462. The first-order valence-corrected chi connectivity index (χ1v) is 7.86. The minimum absolute atomic E-state index is 0.125. The molecule has 0 unspecified atom stereocenters. The summed E-state index contributed by atoms with van der Waals surface area (Å²) in [6.45, 7) is 1.64. The van der Waals surface area contributed by atoms with Crippen molar-refractivity contribution in [2.24, 2.45) is 5.14 Å². The van der Waals surface area contributed by atoms with Gasteiger partial charge in [-0.05, 0) is 18.2 Å². The number of esters is 1. The number of hydrogen-bond donors (Lipinski definition) is 1. The van der Waals surface area contributed by atoms with Gasteiger partial charge in [0.05, 0.1) is 30.3 Å². The minimum atomic E-state index is -3.84. The highest BCUT2D eigenvalue weighted by atomic mass is 32.2. The van der Waals surface area contributed by atoms with E-state index in [-0.39, 0.29) is 17.1 Å². The van der Waals surface area contributed by atoms with Gasteiger partial charge >= 0.3 is 5.97 Å². The Hall–Kier alpha value is -1.48. The Bertz CT molecular complexity index is 558. The lowest BCUT2D eigenvalue weighted by Crippen LogP contribution is -2.14. The Labute approximate surface area is 124 Å². The van der Waals surface area contributed by atoms with E-state index in [4.69, 9.17) is 19.3 Å². The second kappa shape index (κ2) is 8.73. The molecule has 21 heavy (non-hydrogen) atoms. The van der Waals surface area contributed by atoms with E-state index in [0.717, 1.165) is 0 Å². The predicted molar refractivity (Wildman–Crippen MR) is 75.4 cm³/mol. The van der Waals surface area contributed by atoms with E-state index >= 15 is 0 Å². The quantitative estimate of drug-likeness (QED) is 0.526. The van der Waals surface area contributed by atoms with E-state index in [2.05, 4.69) is 0 Å². The molecule has 0 saturated carbocycles. The number of nitrogens with two attached hydrogens (primary N) is 1. The van der Waals surface area contributed by atoms with Crippen LogP contribution in [0.25, 0.3) is 0 Å². The van der Waals surface area contributed by atoms with Crippen LogP contribution >= 0.6 is 0 Å². The van der Waals surface area contributed by atoms with E-state index in [1.165, 1.54) is 24.3 Å². The molecule has 0 spiro atoms. The standard InChI is InChI=1S/C13H19NO6S/c1-18-8-9-19-6-3-7-20-13(15)11-4-2-5-12(10-11)21(14,16)17/h2,4-5,10H,3,6-9H2,1H3,(H2,14,16,17). The minimum Gasteiger partial charge on any atom is -0.462 e. The zero-order valence-electron chi connectivity index (χ0n) is 11.8. The molecule has 0 heterocycles. The maximum atomic E-state index is 11.7. The fourth-order valence-corrected chi connectivity index (χ4v) is 2.01. The largest absolute Gasteiger partial charge is 0.462 e. The molecule has 0 fully saturated rings. The number of carbonyl (C=O) groups excluding carboxylic acids is 1. The molecule has 0 aliphatic heterocycles. The molecular formula is C13H19NO6S. The summed E-state index contributed by atoms with van der Waals surface area (Å²) >= 11 is 0. The average Bonchev–Trinajstić information content (AvgIpc) is 2.45. The molecule has 0 amide bonds. The van der Waals surface area contributed by atoms with Gasteiger partial charge in [-0.2, -0.15) is 0 Å². The lowest BCUT2D eigenvalue weighted by molar-refractivity contribution is 0.0385. The van der Waals surface area contributed by atoms with Crippen LogP contribution in [0.5, 0.6) is 0 Å². The van der Waals surface area contributed by atoms with Crippen molar-refractivity contribution in [1.82, 2.24) is 0 Å². The lowest BCUT2D eigenvalue weighted by Gasteiger charge is -2.06. The Morgan fingerprint density at radius 2 is 1.95 bits per heavy atom. The number of hydrogen-bond acceptors (Lipinski definition) is 6. The third-order valence-corrected chi connectivity index (χ3v) is 3.41. The van der Waals surface area contributed by atoms with Gasteiger partial charge in [0.15, 0.2) is 0 Å². The summed E-state index contributed by atoms with van der Waals surface area (Å²) in [4.78, 5) is 11.6. The molecule has 0 aliphatic rings. The van der Waals surface area contributed by atoms with Crippen LogP contribution < -0.4 is 5.14 Å². The van der Waals surface area contributed by atoms with Crippen LogP contribution in [-0.2, 0) is 24.2 Å². The molecule has 1 aromatic rings. The zero-order valence-corrected chi connectivity index (χ0v) is 12.6. The van der Waals surface area contributed by atoms with Crippen LogP contribution in [0.3, 0.4) is 0 Å². The summed E-state index contributed by atoms with van der Waals surface area (Å²) in [6.07, 6.45) is 0.546. The van der Waals surface area contributed by atoms with Crippen LogP contribution in [-0.4, -0.2) is 47.9 Å². The van der Waals surface area contributed by atoms with Gasteiger partial charge in [0.25, 0.3) is 0 Å². The molecule has 0 aromatic heterocycles. The van der Waals surface area contributed by atoms with Crippen LogP contribution in [0.4, 0.5) is 0 Å². The Kier molecular flexibility index (Phi) is 7.30. The summed E-state index contributed by atoms with van der Waals surface area (Å²) in [5.41, 5.74) is 0.141. The SMILES string of the molecule is COCCOCCCOC(=O)c1cccc(S(N)(=O)=O)c1. The van der Waals surface area contributed by atoms with Gasteiger partial charge in [-0.3, -0.25) is 0 Å². The van der Waals surface area contributed by atoms with Crippen LogP contribution in [0.2, 0.25) is 0 Å². The van der Waals surface area contributed by atoms with Crippen LogP contribution in [0.15, 0.2) is 29.2 Å². The first-order valence-electron chi connectivity index (χ1n) is 6.32.